The van der Waals surface area contributed by atoms with Gasteiger partial charge in [-0.25, -0.2) is 0 Å². The first-order valence-corrected chi connectivity index (χ1v) is 4.22. The minimum Gasteiger partial charge on any atom is -0.497 e. The minimum absolute atomic E-state index is 0.0956. The summed E-state index contributed by atoms with van der Waals surface area (Å²) in [4.78, 5) is 22.0. The van der Waals surface area contributed by atoms with Gasteiger partial charge in [-0.3, -0.25) is 9.59 Å². The molecule has 0 aliphatic heterocycles. The molecular formula is C11H9NO3. The fourth-order valence-electron chi connectivity index (χ4n) is 1.25. The second kappa shape index (κ2) is 4.38. The summed E-state index contributed by atoms with van der Waals surface area (Å²) < 4.78 is 4.93. The number of rotatable bonds is 3. The maximum Gasteiger partial charge on any atom is 0.161 e. The molecule has 0 aliphatic carbocycles. The maximum atomic E-state index is 11.2. The summed E-state index contributed by atoms with van der Waals surface area (Å²) in [5, 5.41) is 8.84. The van der Waals surface area contributed by atoms with Gasteiger partial charge in [-0.1, -0.05) is 0 Å². The van der Waals surface area contributed by atoms with Crippen LogP contribution in [0.15, 0.2) is 12.1 Å². The van der Waals surface area contributed by atoms with Gasteiger partial charge in [-0.2, -0.15) is 5.26 Å². The van der Waals surface area contributed by atoms with Crippen LogP contribution >= 0.6 is 0 Å². The van der Waals surface area contributed by atoms with Crippen LogP contribution in [0.25, 0.3) is 0 Å². The summed E-state index contributed by atoms with van der Waals surface area (Å²) in [6.07, 6.45) is 0.535. The molecule has 0 unspecified atom stereocenters. The number of carbonyl (C=O) groups excluding carboxylic acids is 2. The Kier molecular flexibility index (Phi) is 3.19. The van der Waals surface area contributed by atoms with E-state index in [1.807, 2.05) is 6.07 Å². The van der Waals surface area contributed by atoms with E-state index in [1.54, 1.807) is 0 Å². The van der Waals surface area contributed by atoms with Crippen molar-refractivity contribution in [1.82, 2.24) is 0 Å². The van der Waals surface area contributed by atoms with Crippen molar-refractivity contribution in [3.63, 3.8) is 0 Å². The van der Waals surface area contributed by atoms with Crippen LogP contribution < -0.4 is 4.74 Å². The van der Waals surface area contributed by atoms with Gasteiger partial charge in [-0.05, 0) is 19.1 Å². The molecule has 0 saturated carbocycles. The summed E-state index contributed by atoms with van der Waals surface area (Å²) in [5.41, 5.74) is 0.472. The van der Waals surface area contributed by atoms with Crippen LogP contribution in [0.1, 0.15) is 33.2 Å². The Morgan fingerprint density at radius 2 is 2.20 bits per heavy atom. The normalized spacial score (nSPS) is 9.13. The van der Waals surface area contributed by atoms with Crippen LogP contribution in [0.5, 0.6) is 5.75 Å². The molecule has 0 aromatic heterocycles. The van der Waals surface area contributed by atoms with Gasteiger partial charge in [0.2, 0.25) is 0 Å². The molecule has 1 aromatic rings. The smallest absolute Gasteiger partial charge is 0.161 e. The number of nitriles is 1. The van der Waals surface area contributed by atoms with Crippen molar-refractivity contribution in [2.45, 2.75) is 6.92 Å². The van der Waals surface area contributed by atoms with E-state index in [2.05, 4.69) is 0 Å². The number of methoxy groups -OCH3 is 1. The Balaban J connectivity index is 3.54. The minimum atomic E-state index is -0.270. The summed E-state index contributed by atoms with van der Waals surface area (Å²) in [7, 11) is 1.43. The van der Waals surface area contributed by atoms with E-state index >= 15 is 0 Å². The number of aldehydes is 1. The largest absolute Gasteiger partial charge is 0.497 e. The number of carbonyl (C=O) groups is 2. The predicted molar refractivity (Wildman–Crippen MR) is 53.1 cm³/mol. The van der Waals surface area contributed by atoms with Crippen molar-refractivity contribution in [3.05, 3.63) is 28.8 Å². The fraction of sp³-hybridized carbons (Fsp3) is 0.182. The number of hydrogen-bond acceptors (Lipinski definition) is 4. The molecule has 0 atom stereocenters. The average Bonchev–Trinajstić information content (AvgIpc) is 2.26. The Hall–Kier alpha value is -2.15. The quantitative estimate of drug-likeness (QED) is 0.552. The van der Waals surface area contributed by atoms with E-state index in [0.717, 1.165) is 0 Å². The molecule has 0 bridgehead atoms. The van der Waals surface area contributed by atoms with Crippen molar-refractivity contribution >= 4 is 12.1 Å². The van der Waals surface area contributed by atoms with Gasteiger partial charge in [0.25, 0.3) is 0 Å². The first kappa shape index (κ1) is 10.9. The van der Waals surface area contributed by atoms with Gasteiger partial charge in [-0.15, -0.1) is 0 Å². The Bertz CT molecular complexity index is 458. The molecule has 0 fully saturated rings. The Morgan fingerprint density at radius 3 is 2.60 bits per heavy atom. The van der Waals surface area contributed by atoms with Crippen LogP contribution in [0.2, 0.25) is 0 Å². The van der Waals surface area contributed by atoms with Crippen LogP contribution in [-0.4, -0.2) is 19.2 Å². The van der Waals surface area contributed by atoms with Gasteiger partial charge in [0.05, 0.1) is 12.7 Å². The lowest BCUT2D eigenvalue weighted by Crippen LogP contribution is -2.02. The highest BCUT2D eigenvalue weighted by Gasteiger charge is 2.13. The predicted octanol–water partition coefficient (Wildman–Crippen LogP) is 1.58. The molecule has 0 spiro atoms. The third-order valence-corrected chi connectivity index (χ3v) is 2.00. The lowest BCUT2D eigenvalue weighted by atomic mass is 9.99. The number of hydrogen-bond donors (Lipinski definition) is 0. The summed E-state index contributed by atoms with van der Waals surface area (Å²) in [6.45, 7) is 1.34. The third kappa shape index (κ3) is 2.02. The van der Waals surface area contributed by atoms with E-state index in [9.17, 15) is 9.59 Å². The monoisotopic (exact) mass is 203 g/mol. The lowest BCUT2D eigenvalue weighted by molar-refractivity contribution is 0.101. The summed E-state index contributed by atoms with van der Waals surface area (Å²) in [6, 6.07) is 4.72. The zero-order valence-electron chi connectivity index (χ0n) is 8.40. The average molecular weight is 203 g/mol. The van der Waals surface area contributed by atoms with E-state index in [4.69, 9.17) is 10.00 Å². The highest BCUT2D eigenvalue weighted by atomic mass is 16.5. The Morgan fingerprint density at radius 1 is 1.53 bits per heavy atom. The van der Waals surface area contributed by atoms with Gasteiger partial charge in [0, 0.05) is 11.1 Å². The SMILES string of the molecule is COc1cc(C=O)c(C#N)c(C(C)=O)c1. The summed E-state index contributed by atoms with van der Waals surface area (Å²) >= 11 is 0. The van der Waals surface area contributed by atoms with Crippen molar-refractivity contribution in [1.29, 1.82) is 5.26 Å². The van der Waals surface area contributed by atoms with Gasteiger partial charge >= 0.3 is 0 Å². The second-order valence-electron chi connectivity index (χ2n) is 2.93. The zero-order valence-corrected chi connectivity index (χ0v) is 8.40. The van der Waals surface area contributed by atoms with Crippen LogP contribution in [0, 0.1) is 11.3 Å². The topological polar surface area (TPSA) is 67.2 Å². The molecule has 1 rings (SSSR count). The first-order valence-electron chi connectivity index (χ1n) is 4.22. The van der Waals surface area contributed by atoms with Gasteiger partial charge in [0.15, 0.2) is 12.1 Å². The van der Waals surface area contributed by atoms with E-state index in [1.165, 1.54) is 26.2 Å². The Labute approximate surface area is 87.1 Å². The van der Waals surface area contributed by atoms with Crippen molar-refractivity contribution < 1.29 is 14.3 Å². The summed E-state index contributed by atoms with van der Waals surface area (Å²) in [5.74, 6) is 0.120. The molecule has 4 nitrogen and oxygen atoms in total. The van der Waals surface area contributed by atoms with Crippen molar-refractivity contribution in [2.75, 3.05) is 7.11 Å². The third-order valence-electron chi connectivity index (χ3n) is 2.00. The molecule has 0 saturated heterocycles. The van der Waals surface area contributed by atoms with Crippen LogP contribution in [0.4, 0.5) is 0 Å². The number of Topliss-reactive ketones (excluding diaryl/α,β-unsaturated/α-hetero) is 1. The van der Waals surface area contributed by atoms with Crippen LogP contribution in [-0.2, 0) is 0 Å². The van der Waals surface area contributed by atoms with Gasteiger partial charge in [0.1, 0.15) is 11.8 Å². The molecule has 1 aromatic carbocycles. The number of nitrogens with zero attached hydrogens (tertiary/aromatic N) is 1. The fourth-order valence-corrected chi connectivity index (χ4v) is 1.25. The van der Waals surface area contributed by atoms with E-state index < -0.39 is 0 Å². The van der Waals surface area contributed by atoms with E-state index in [-0.39, 0.29) is 22.5 Å². The second-order valence-corrected chi connectivity index (χ2v) is 2.93. The van der Waals surface area contributed by atoms with E-state index in [0.29, 0.717) is 12.0 Å². The number of benzene rings is 1. The molecule has 76 valence electrons. The molecule has 0 radical (unpaired) electrons. The molecule has 4 heteroatoms. The highest BCUT2D eigenvalue weighted by Crippen LogP contribution is 2.21. The maximum absolute atomic E-state index is 11.2. The highest BCUT2D eigenvalue weighted by molar-refractivity contribution is 5.99. The molecule has 0 amide bonds. The molecule has 0 N–H and O–H groups in total. The molecule has 15 heavy (non-hydrogen) atoms. The zero-order chi connectivity index (χ0) is 11.4. The molecular weight excluding hydrogens is 194 g/mol. The lowest BCUT2D eigenvalue weighted by Gasteiger charge is -2.06. The van der Waals surface area contributed by atoms with Gasteiger partial charge < -0.3 is 4.74 Å². The number of ether oxygens (including phenoxy) is 1. The molecule has 0 aliphatic rings. The van der Waals surface area contributed by atoms with Crippen molar-refractivity contribution in [3.8, 4) is 11.8 Å². The van der Waals surface area contributed by atoms with Crippen LogP contribution in [0.3, 0.4) is 0 Å². The molecule has 0 heterocycles. The van der Waals surface area contributed by atoms with Crippen molar-refractivity contribution in [2.24, 2.45) is 0 Å². The number of ketones is 1. The first-order chi connectivity index (χ1) is 7.13. The standard InChI is InChI=1S/C11H9NO3/c1-7(14)10-4-9(15-2)3-8(6-13)11(10)5-12/h3-4,6H,1-2H3.